The lowest BCUT2D eigenvalue weighted by Gasteiger charge is -2.22. The van der Waals surface area contributed by atoms with E-state index in [1.807, 2.05) is 0 Å². The van der Waals surface area contributed by atoms with Gasteiger partial charge in [-0.15, -0.1) is 0 Å². The van der Waals surface area contributed by atoms with Gasteiger partial charge < -0.3 is 34.7 Å². The van der Waals surface area contributed by atoms with Crippen LogP contribution >= 0.6 is 0 Å². The maximum absolute atomic E-state index is 12.3. The number of amides is 2. The highest BCUT2D eigenvalue weighted by Crippen LogP contribution is 2.34. The van der Waals surface area contributed by atoms with Crippen molar-refractivity contribution in [1.82, 2.24) is 5.32 Å². The molecular formula is C19H20N2O7. The van der Waals surface area contributed by atoms with Gasteiger partial charge in [0.25, 0.3) is 0 Å². The SMILES string of the molecule is COC(=O)C(NC(=O)Nc1ccc2c(c1)OCO2)C(O)c1ccc(OC)cc1. The second-order valence-corrected chi connectivity index (χ2v) is 5.89. The number of aliphatic hydroxyl groups excluding tert-OH is 1. The van der Waals surface area contributed by atoms with E-state index in [1.54, 1.807) is 42.5 Å². The molecule has 0 saturated heterocycles. The fourth-order valence-electron chi connectivity index (χ4n) is 2.67. The normalized spacial score (nSPS) is 14.0. The number of esters is 1. The number of methoxy groups -OCH3 is 2. The fourth-order valence-corrected chi connectivity index (χ4v) is 2.67. The maximum Gasteiger partial charge on any atom is 0.331 e. The zero-order valence-corrected chi connectivity index (χ0v) is 15.3. The first-order valence-corrected chi connectivity index (χ1v) is 8.39. The van der Waals surface area contributed by atoms with Gasteiger partial charge in [0, 0.05) is 11.8 Å². The molecular weight excluding hydrogens is 368 g/mol. The molecule has 0 bridgehead atoms. The highest BCUT2D eigenvalue weighted by Gasteiger charge is 2.31. The van der Waals surface area contributed by atoms with Crippen LogP contribution in [0, 0.1) is 0 Å². The van der Waals surface area contributed by atoms with E-state index in [4.69, 9.17) is 18.9 Å². The molecule has 0 aromatic heterocycles. The van der Waals surface area contributed by atoms with E-state index in [1.165, 1.54) is 14.2 Å². The number of benzene rings is 2. The molecule has 0 spiro atoms. The van der Waals surface area contributed by atoms with Crippen molar-refractivity contribution in [2.45, 2.75) is 12.1 Å². The molecule has 1 aliphatic heterocycles. The summed E-state index contributed by atoms with van der Waals surface area (Å²) in [5.74, 6) is 0.886. The first kappa shape index (κ1) is 19.3. The Kier molecular flexibility index (Phi) is 5.85. The Hall–Kier alpha value is -3.46. The van der Waals surface area contributed by atoms with E-state index in [2.05, 4.69) is 10.6 Å². The minimum Gasteiger partial charge on any atom is -0.497 e. The van der Waals surface area contributed by atoms with Crippen LogP contribution in [-0.2, 0) is 9.53 Å². The van der Waals surface area contributed by atoms with E-state index >= 15 is 0 Å². The number of rotatable bonds is 6. The number of carbonyl (C=O) groups is 2. The van der Waals surface area contributed by atoms with Crippen molar-refractivity contribution in [2.75, 3.05) is 26.3 Å². The molecule has 2 amide bonds. The molecule has 1 heterocycles. The minimum atomic E-state index is -1.32. The van der Waals surface area contributed by atoms with Crippen molar-refractivity contribution < 1.29 is 33.6 Å². The topological polar surface area (TPSA) is 115 Å². The molecule has 9 nitrogen and oxygen atoms in total. The van der Waals surface area contributed by atoms with Gasteiger partial charge in [0.1, 0.15) is 11.9 Å². The number of hydrogen-bond acceptors (Lipinski definition) is 7. The molecule has 9 heteroatoms. The van der Waals surface area contributed by atoms with E-state index in [0.29, 0.717) is 28.5 Å². The van der Waals surface area contributed by atoms with Gasteiger partial charge in [-0.25, -0.2) is 9.59 Å². The van der Waals surface area contributed by atoms with Crippen LogP contribution in [0.4, 0.5) is 10.5 Å². The van der Waals surface area contributed by atoms with Crippen molar-refractivity contribution >= 4 is 17.7 Å². The maximum atomic E-state index is 12.3. The standard InChI is InChI=1S/C19H20N2O7/c1-25-13-6-3-11(4-7-13)17(22)16(18(23)26-2)21-19(24)20-12-5-8-14-15(9-12)28-10-27-14/h3-9,16-17,22H,10H2,1-2H3,(H2,20,21,24). The molecule has 3 N–H and O–H groups in total. The quantitative estimate of drug-likeness (QED) is 0.647. The second-order valence-electron chi connectivity index (χ2n) is 5.89. The number of urea groups is 1. The summed E-state index contributed by atoms with van der Waals surface area (Å²) in [5, 5.41) is 15.6. The van der Waals surface area contributed by atoms with E-state index in [0.717, 1.165) is 0 Å². The van der Waals surface area contributed by atoms with Gasteiger partial charge in [-0.3, -0.25) is 0 Å². The third-order valence-electron chi connectivity index (χ3n) is 4.15. The monoisotopic (exact) mass is 388 g/mol. The van der Waals surface area contributed by atoms with Crippen LogP contribution in [0.3, 0.4) is 0 Å². The van der Waals surface area contributed by atoms with Gasteiger partial charge in [0.15, 0.2) is 17.5 Å². The van der Waals surface area contributed by atoms with Crippen LogP contribution in [0.25, 0.3) is 0 Å². The van der Waals surface area contributed by atoms with Gasteiger partial charge >= 0.3 is 12.0 Å². The Labute approximate surface area is 161 Å². The van der Waals surface area contributed by atoms with E-state index < -0.39 is 24.1 Å². The molecule has 3 rings (SSSR count). The lowest BCUT2D eigenvalue weighted by atomic mass is 10.0. The summed E-state index contributed by atoms with van der Waals surface area (Å²) >= 11 is 0. The summed E-state index contributed by atoms with van der Waals surface area (Å²) in [4.78, 5) is 24.5. The van der Waals surface area contributed by atoms with E-state index in [-0.39, 0.29) is 6.79 Å². The number of carbonyl (C=O) groups excluding carboxylic acids is 2. The minimum absolute atomic E-state index is 0.115. The predicted molar refractivity (Wildman–Crippen MR) is 98.5 cm³/mol. The zero-order valence-electron chi connectivity index (χ0n) is 15.3. The van der Waals surface area contributed by atoms with Gasteiger partial charge in [-0.1, -0.05) is 12.1 Å². The molecule has 2 aromatic carbocycles. The third-order valence-corrected chi connectivity index (χ3v) is 4.15. The highest BCUT2D eigenvalue weighted by atomic mass is 16.7. The summed E-state index contributed by atoms with van der Waals surface area (Å²) < 4.78 is 20.2. The average molecular weight is 388 g/mol. The lowest BCUT2D eigenvalue weighted by Crippen LogP contribution is -2.47. The van der Waals surface area contributed by atoms with Crippen LogP contribution in [0.2, 0.25) is 0 Å². The largest absolute Gasteiger partial charge is 0.497 e. The molecule has 0 saturated carbocycles. The van der Waals surface area contributed by atoms with Crippen molar-refractivity contribution in [1.29, 1.82) is 0 Å². The molecule has 2 unspecified atom stereocenters. The van der Waals surface area contributed by atoms with Crippen LogP contribution in [-0.4, -0.2) is 44.2 Å². The first-order chi connectivity index (χ1) is 13.5. The smallest absolute Gasteiger partial charge is 0.331 e. The van der Waals surface area contributed by atoms with Crippen LogP contribution in [0.5, 0.6) is 17.2 Å². The Balaban J connectivity index is 1.70. The summed E-state index contributed by atoms with van der Waals surface area (Å²) in [7, 11) is 2.69. The molecule has 148 valence electrons. The average Bonchev–Trinajstić information content (AvgIpc) is 3.19. The summed E-state index contributed by atoms with van der Waals surface area (Å²) in [6.07, 6.45) is -1.32. The van der Waals surface area contributed by atoms with Gasteiger partial charge in [0.2, 0.25) is 6.79 Å². The molecule has 0 fully saturated rings. The Morgan fingerprint density at radius 1 is 1.07 bits per heavy atom. The number of anilines is 1. The van der Waals surface area contributed by atoms with Crippen molar-refractivity contribution in [3.05, 3.63) is 48.0 Å². The molecule has 2 aromatic rings. The van der Waals surface area contributed by atoms with Crippen molar-refractivity contribution in [3.63, 3.8) is 0 Å². The Morgan fingerprint density at radius 3 is 2.46 bits per heavy atom. The van der Waals surface area contributed by atoms with Crippen molar-refractivity contribution in [3.8, 4) is 17.2 Å². The van der Waals surface area contributed by atoms with Crippen LogP contribution < -0.4 is 24.8 Å². The third kappa shape index (κ3) is 4.26. The van der Waals surface area contributed by atoms with Crippen LogP contribution in [0.1, 0.15) is 11.7 Å². The van der Waals surface area contributed by atoms with Gasteiger partial charge in [-0.2, -0.15) is 0 Å². The van der Waals surface area contributed by atoms with Gasteiger partial charge in [-0.05, 0) is 29.8 Å². The molecule has 0 radical (unpaired) electrons. The number of ether oxygens (including phenoxy) is 4. The Morgan fingerprint density at radius 2 is 1.79 bits per heavy atom. The predicted octanol–water partition coefficient (Wildman–Crippen LogP) is 1.82. The summed E-state index contributed by atoms with van der Waals surface area (Å²) in [6, 6.07) is 9.33. The van der Waals surface area contributed by atoms with E-state index in [9.17, 15) is 14.7 Å². The molecule has 0 aliphatic carbocycles. The van der Waals surface area contributed by atoms with Crippen molar-refractivity contribution in [2.24, 2.45) is 0 Å². The number of nitrogens with one attached hydrogen (secondary N) is 2. The fraction of sp³-hybridized carbons (Fsp3) is 0.263. The summed E-state index contributed by atoms with van der Waals surface area (Å²) in [5.41, 5.74) is 0.851. The van der Waals surface area contributed by atoms with Crippen LogP contribution in [0.15, 0.2) is 42.5 Å². The van der Waals surface area contributed by atoms with Gasteiger partial charge in [0.05, 0.1) is 14.2 Å². The number of aliphatic hydroxyl groups is 1. The molecule has 1 aliphatic rings. The molecule has 28 heavy (non-hydrogen) atoms. The second kappa shape index (κ2) is 8.49. The first-order valence-electron chi connectivity index (χ1n) is 8.39. The molecule has 2 atom stereocenters. The zero-order chi connectivity index (χ0) is 20.1. The lowest BCUT2D eigenvalue weighted by molar-refractivity contribution is -0.145. The number of fused-ring (bicyclic) bond motifs is 1. The number of hydrogen-bond donors (Lipinski definition) is 3. The Bertz CT molecular complexity index is 854. The summed E-state index contributed by atoms with van der Waals surface area (Å²) in [6.45, 7) is 0.115. The highest BCUT2D eigenvalue weighted by molar-refractivity contribution is 5.93.